The lowest BCUT2D eigenvalue weighted by molar-refractivity contribution is -0.145. The second-order valence-corrected chi connectivity index (χ2v) is 5.98. The lowest BCUT2D eigenvalue weighted by Gasteiger charge is -2.11. The van der Waals surface area contributed by atoms with E-state index >= 15 is 0 Å². The van der Waals surface area contributed by atoms with Crippen molar-refractivity contribution < 1.29 is 22.7 Å². The molecule has 0 radical (unpaired) electrons. The standard InChI is InChI=1S/C15H12F4N4OS/c1-2-3-4-25-13-12-21-22-14(15(17,18)19)23(12)10-6-9(16)5-8(7-24)11(10)20-13/h3-6,24H,2,7H2,1H3/b4-3+. The molecule has 0 aliphatic rings. The smallest absolute Gasteiger partial charge is 0.392 e. The highest BCUT2D eigenvalue weighted by atomic mass is 32.2. The van der Waals surface area contributed by atoms with E-state index in [1.807, 2.05) is 13.0 Å². The Bertz CT molecular complexity index is 968. The van der Waals surface area contributed by atoms with Crippen molar-refractivity contribution in [1.82, 2.24) is 19.6 Å². The number of aliphatic hydroxyl groups excluding tert-OH is 1. The third-order valence-corrected chi connectivity index (χ3v) is 4.20. The Morgan fingerprint density at radius 1 is 1.28 bits per heavy atom. The number of fused-ring (bicyclic) bond motifs is 3. The summed E-state index contributed by atoms with van der Waals surface area (Å²) in [5.74, 6) is -2.06. The molecule has 3 aromatic rings. The van der Waals surface area contributed by atoms with Crippen LogP contribution < -0.4 is 0 Å². The van der Waals surface area contributed by atoms with Crippen LogP contribution in [-0.2, 0) is 12.8 Å². The first-order valence-corrected chi connectivity index (χ1v) is 8.11. The van der Waals surface area contributed by atoms with E-state index in [0.717, 1.165) is 34.7 Å². The zero-order chi connectivity index (χ0) is 18.2. The van der Waals surface area contributed by atoms with Crippen LogP contribution in [0, 0.1) is 5.82 Å². The largest absolute Gasteiger partial charge is 0.452 e. The number of aliphatic hydroxyl groups is 1. The van der Waals surface area contributed by atoms with Crippen molar-refractivity contribution in [1.29, 1.82) is 0 Å². The first kappa shape index (κ1) is 17.6. The topological polar surface area (TPSA) is 63.3 Å². The van der Waals surface area contributed by atoms with Gasteiger partial charge in [0.1, 0.15) is 10.8 Å². The molecule has 5 nitrogen and oxygen atoms in total. The second kappa shape index (κ2) is 6.60. The van der Waals surface area contributed by atoms with Gasteiger partial charge in [-0.2, -0.15) is 13.2 Å². The Morgan fingerprint density at radius 3 is 2.68 bits per heavy atom. The Balaban J connectivity index is 2.42. The zero-order valence-corrected chi connectivity index (χ0v) is 13.7. The molecular weight excluding hydrogens is 360 g/mol. The molecule has 0 amide bonds. The van der Waals surface area contributed by atoms with Gasteiger partial charge in [-0.3, -0.25) is 4.40 Å². The minimum atomic E-state index is -4.78. The highest BCUT2D eigenvalue weighted by Crippen LogP contribution is 2.34. The number of aromatic nitrogens is 4. The summed E-state index contributed by atoms with van der Waals surface area (Å²) in [6.45, 7) is 1.34. The van der Waals surface area contributed by atoms with Crippen LogP contribution in [0.25, 0.3) is 16.7 Å². The molecule has 2 aromatic heterocycles. The van der Waals surface area contributed by atoms with Crippen LogP contribution in [0.4, 0.5) is 17.6 Å². The van der Waals surface area contributed by atoms with Crippen LogP contribution in [0.3, 0.4) is 0 Å². The second-order valence-electron chi connectivity index (χ2n) is 5.09. The quantitative estimate of drug-likeness (QED) is 0.555. The van der Waals surface area contributed by atoms with E-state index in [2.05, 4.69) is 15.2 Å². The number of thioether (sulfide) groups is 1. The fourth-order valence-electron chi connectivity index (χ4n) is 2.33. The van der Waals surface area contributed by atoms with Gasteiger partial charge in [-0.25, -0.2) is 9.37 Å². The van der Waals surface area contributed by atoms with E-state index in [1.54, 1.807) is 5.41 Å². The van der Waals surface area contributed by atoms with Crippen molar-refractivity contribution in [3.05, 3.63) is 40.8 Å². The number of benzene rings is 1. The van der Waals surface area contributed by atoms with Gasteiger partial charge in [0.2, 0.25) is 5.82 Å². The maximum Gasteiger partial charge on any atom is 0.452 e. The first-order chi connectivity index (χ1) is 11.9. The van der Waals surface area contributed by atoms with Crippen molar-refractivity contribution >= 4 is 28.4 Å². The fourth-order valence-corrected chi connectivity index (χ4v) is 3.13. The monoisotopic (exact) mass is 372 g/mol. The van der Waals surface area contributed by atoms with Crippen LogP contribution >= 0.6 is 11.8 Å². The van der Waals surface area contributed by atoms with E-state index in [1.165, 1.54) is 0 Å². The molecule has 0 bridgehead atoms. The van der Waals surface area contributed by atoms with Gasteiger partial charge < -0.3 is 5.11 Å². The van der Waals surface area contributed by atoms with Crippen LogP contribution in [0.15, 0.2) is 28.6 Å². The lowest BCUT2D eigenvalue weighted by atomic mass is 10.1. The number of allylic oxidation sites excluding steroid dienone is 1. The summed E-state index contributed by atoms with van der Waals surface area (Å²) in [5, 5.41) is 18.1. The van der Waals surface area contributed by atoms with E-state index < -0.39 is 24.4 Å². The average Bonchev–Trinajstić information content (AvgIpc) is 3.00. The van der Waals surface area contributed by atoms with Gasteiger partial charge >= 0.3 is 6.18 Å². The fraction of sp³-hybridized carbons (Fsp3) is 0.267. The van der Waals surface area contributed by atoms with E-state index in [9.17, 15) is 22.7 Å². The molecule has 0 saturated carbocycles. The van der Waals surface area contributed by atoms with Gasteiger partial charge in [-0.05, 0) is 17.9 Å². The Hall–Kier alpha value is -2.20. The normalized spacial score (nSPS) is 12.7. The first-order valence-electron chi connectivity index (χ1n) is 7.23. The molecule has 1 aromatic carbocycles. The molecule has 0 spiro atoms. The summed E-state index contributed by atoms with van der Waals surface area (Å²) in [6, 6.07) is 1.96. The molecule has 2 heterocycles. The molecule has 1 N–H and O–H groups in total. The molecule has 0 fully saturated rings. The summed E-state index contributed by atoms with van der Waals surface area (Å²) >= 11 is 1.08. The molecule has 0 aliphatic carbocycles. The predicted molar refractivity (Wildman–Crippen MR) is 84.5 cm³/mol. The van der Waals surface area contributed by atoms with Gasteiger partial charge in [0.25, 0.3) is 0 Å². The van der Waals surface area contributed by atoms with Crippen molar-refractivity contribution in [2.75, 3.05) is 0 Å². The molecule has 0 aliphatic heterocycles. The third-order valence-electron chi connectivity index (χ3n) is 3.38. The van der Waals surface area contributed by atoms with Crippen LogP contribution in [0.5, 0.6) is 0 Å². The van der Waals surface area contributed by atoms with Crippen molar-refractivity contribution in [3.63, 3.8) is 0 Å². The predicted octanol–water partition coefficient (Wildman–Crippen LogP) is 3.94. The molecule has 3 rings (SSSR count). The van der Waals surface area contributed by atoms with E-state index in [0.29, 0.717) is 0 Å². The molecule has 0 saturated heterocycles. The summed E-state index contributed by atoms with van der Waals surface area (Å²) < 4.78 is 54.4. The Labute approximate surface area is 143 Å². The van der Waals surface area contributed by atoms with Gasteiger partial charge in [0.15, 0.2) is 5.65 Å². The minimum absolute atomic E-state index is 0.0640. The maximum absolute atomic E-state index is 13.8. The van der Waals surface area contributed by atoms with E-state index in [-0.39, 0.29) is 27.3 Å². The van der Waals surface area contributed by atoms with E-state index in [4.69, 9.17) is 0 Å². The number of halogens is 4. The van der Waals surface area contributed by atoms with Gasteiger partial charge in [-0.15, -0.1) is 10.2 Å². The number of nitrogens with zero attached hydrogens (tertiary/aromatic N) is 4. The molecule has 0 atom stereocenters. The molecule has 10 heteroatoms. The third kappa shape index (κ3) is 3.19. The van der Waals surface area contributed by atoms with Gasteiger partial charge in [0, 0.05) is 11.6 Å². The Morgan fingerprint density at radius 2 is 2.04 bits per heavy atom. The molecule has 0 unspecified atom stereocenters. The van der Waals surface area contributed by atoms with Crippen molar-refractivity contribution in [2.24, 2.45) is 0 Å². The van der Waals surface area contributed by atoms with Gasteiger partial charge in [0.05, 0.1) is 17.6 Å². The SMILES string of the molecule is CC/C=C/Sc1nc2c(CO)cc(F)cc2n2c(C(F)(F)F)nnc12. The summed E-state index contributed by atoms with van der Waals surface area (Å²) in [6.07, 6.45) is -2.23. The molecule has 132 valence electrons. The van der Waals surface area contributed by atoms with Crippen molar-refractivity contribution in [2.45, 2.75) is 31.2 Å². The maximum atomic E-state index is 13.8. The number of hydrogen-bond donors (Lipinski definition) is 1. The number of alkyl halides is 3. The molecule has 25 heavy (non-hydrogen) atoms. The number of rotatable bonds is 4. The van der Waals surface area contributed by atoms with Crippen molar-refractivity contribution in [3.8, 4) is 0 Å². The van der Waals surface area contributed by atoms with Crippen LogP contribution in [0.2, 0.25) is 0 Å². The van der Waals surface area contributed by atoms with Gasteiger partial charge in [-0.1, -0.05) is 24.8 Å². The summed E-state index contributed by atoms with van der Waals surface area (Å²) in [4.78, 5) is 4.28. The summed E-state index contributed by atoms with van der Waals surface area (Å²) in [7, 11) is 0. The zero-order valence-electron chi connectivity index (χ0n) is 12.9. The highest BCUT2D eigenvalue weighted by molar-refractivity contribution is 8.02. The lowest BCUT2D eigenvalue weighted by Crippen LogP contribution is -2.12. The molecular formula is C15H12F4N4OS. The average molecular weight is 372 g/mol. The van der Waals surface area contributed by atoms with Crippen LogP contribution in [-0.4, -0.2) is 24.7 Å². The number of hydrogen-bond acceptors (Lipinski definition) is 5. The summed E-state index contributed by atoms with van der Waals surface area (Å²) in [5.41, 5.74) is -0.130. The minimum Gasteiger partial charge on any atom is -0.392 e. The van der Waals surface area contributed by atoms with Crippen LogP contribution in [0.1, 0.15) is 24.7 Å². The highest BCUT2D eigenvalue weighted by Gasteiger charge is 2.38. The Kier molecular flexibility index (Phi) is 4.65.